The fourth-order valence-electron chi connectivity index (χ4n) is 2.06. The van der Waals surface area contributed by atoms with Crippen LogP contribution in [0.25, 0.3) is 0 Å². The molecule has 0 saturated carbocycles. The molecular formula is C15H22O4. The Labute approximate surface area is 114 Å². The number of aliphatic hydroxyl groups is 2. The SMILES string of the molecule is CC(C)c1ccc(C2OCC(CO)(CO)CO2)cc1. The summed E-state index contributed by atoms with van der Waals surface area (Å²) >= 11 is 0. The van der Waals surface area contributed by atoms with E-state index >= 15 is 0 Å². The van der Waals surface area contributed by atoms with Crippen molar-refractivity contribution in [3.05, 3.63) is 35.4 Å². The highest BCUT2D eigenvalue weighted by Gasteiger charge is 2.36. The maximum atomic E-state index is 9.28. The van der Waals surface area contributed by atoms with E-state index in [1.54, 1.807) is 0 Å². The van der Waals surface area contributed by atoms with Crippen LogP contribution < -0.4 is 0 Å². The molecule has 19 heavy (non-hydrogen) atoms. The van der Waals surface area contributed by atoms with E-state index in [2.05, 4.69) is 26.0 Å². The lowest BCUT2D eigenvalue weighted by atomic mass is 9.91. The summed E-state index contributed by atoms with van der Waals surface area (Å²) < 4.78 is 11.2. The smallest absolute Gasteiger partial charge is 0.183 e. The van der Waals surface area contributed by atoms with Crippen molar-refractivity contribution in [1.29, 1.82) is 0 Å². The normalized spacial score (nSPS) is 19.8. The zero-order valence-corrected chi connectivity index (χ0v) is 11.5. The molecule has 1 aromatic carbocycles. The summed E-state index contributed by atoms with van der Waals surface area (Å²) in [5, 5.41) is 18.6. The lowest BCUT2D eigenvalue weighted by Crippen LogP contribution is -2.44. The number of benzene rings is 1. The molecule has 1 fully saturated rings. The van der Waals surface area contributed by atoms with Gasteiger partial charge in [-0.1, -0.05) is 38.1 Å². The Hall–Kier alpha value is -0.940. The zero-order valence-electron chi connectivity index (χ0n) is 11.5. The van der Waals surface area contributed by atoms with Crippen molar-refractivity contribution in [2.45, 2.75) is 26.1 Å². The minimum absolute atomic E-state index is 0.136. The molecule has 0 bridgehead atoms. The second-order valence-electron chi connectivity index (χ2n) is 5.59. The van der Waals surface area contributed by atoms with Crippen LogP contribution in [-0.4, -0.2) is 36.6 Å². The Morgan fingerprint density at radius 3 is 2.05 bits per heavy atom. The predicted octanol–water partition coefficient (Wildman–Crippen LogP) is 1.83. The summed E-state index contributed by atoms with van der Waals surface area (Å²) in [6.45, 7) is 4.64. The van der Waals surface area contributed by atoms with Gasteiger partial charge in [0, 0.05) is 5.56 Å². The summed E-state index contributed by atoms with van der Waals surface area (Å²) in [7, 11) is 0. The van der Waals surface area contributed by atoms with Crippen LogP contribution in [0.4, 0.5) is 0 Å². The van der Waals surface area contributed by atoms with E-state index in [0.717, 1.165) is 5.56 Å². The highest BCUT2D eigenvalue weighted by atomic mass is 16.7. The molecule has 2 N–H and O–H groups in total. The second kappa shape index (κ2) is 6.01. The molecule has 1 heterocycles. The van der Waals surface area contributed by atoms with Crippen molar-refractivity contribution >= 4 is 0 Å². The van der Waals surface area contributed by atoms with E-state index in [-0.39, 0.29) is 13.2 Å². The molecule has 0 aromatic heterocycles. The number of rotatable bonds is 4. The van der Waals surface area contributed by atoms with Crippen molar-refractivity contribution in [3.8, 4) is 0 Å². The third-order valence-corrected chi connectivity index (χ3v) is 3.63. The van der Waals surface area contributed by atoms with Gasteiger partial charge < -0.3 is 19.7 Å². The van der Waals surface area contributed by atoms with E-state index in [1.165, 1.54) is 5.56 Å². The Kier molecular flexibility index (Phi) is 4.58. The van der Waals surface area contributed by atoms with Gasteiger partial charge in [0.05, 0.1) is 31.8 Å². The highest BCUT2D eigenvalue weighted by molar-refractivity contribution is 5.25. The van der Waals surface area contributed by atoms with Crippen LogP contribution in [0.1, 0.15) is 37.2 Å². The molecule has 0 unspecified atom stereocenters. The first-order chi connectivity index (χ1) is 9.10. The summed E-state index contributed by atoms with van der Waals surface area (Å²) in [6.07, 6.45) is -0.410. The van der Waals surface area contributed by atoms with Gasteiger partial charge in [-0.05, 0) is 11.5 Å². The molecule has 106 valence electrons. The summed E-state index contributed by atoms with van der Waals surface area (Å²) in [6, 6.07) is 8.16. The van der Waals surface area contributed by atoms with Crippen LogP contribution in [0, 0.1) is 5.41 Å². The molecule has 1 aromatic rings. The lowest BCUT2D eigenvalue weighted by molar-refractivity contribution is -0.248. The average molecular weight is 266 g/mol. The average Bonchev–Trinajstić information content (AvgIpc) is 2.47. The largest absolute Gasteiger partial charge is 0.396 e. The van der Waals surface area contributed by atoms with Crippen molar-refractivity contribution in [3.63, 3.8) is 0 Å². The fraction of sp³-hybridized carbons (Fsp3) is 0.600. The number of ether oxygens (including phenoxy) is 2. The minimum Gasteiger partial charge on any atom is -0.396 e. The van der Waals surface area contributed by atoms with E-state index in [4.69, 9.17) is 9.47 Å². The monoisotopic (exact) mass is 266 g/mol. The molecular weight excluding hydrogens is 244 g/mol. The Bertz CT molecular complexity index is 385. The highest BCUT2D eigenvalue weighted by Crippen LogP contribution is 2.31. The second-order valence-corrected chi connectivity index (χ2v) is 5.59. The molecule has 2 rings (SSSR count). The molecule has 0 amide bonds. The summed E-state index contributed by atoms with van der Waals surface area (Å²) in [5.74, 6) is 0.499. The molecule has 1 aliphatic rings. The van der Waals surface area contributed by atoms with E-state index < -0.39 is 11.7 Å². The van der Waals surface area contributed by atoms with Crippen molar-refractivity contribution in [2.75, 3.05) is 26.4 Å². The molecule has 1 saturated heterocycles. The standard InChI is InChI=1S/C15H22O4/c1-11(2)12-3-5-13(6-4-12)14-18-9-15(7-16,8-17)10-19-14/h3-6,11,14,16-17H,7-10H2,1-2H3. The topological polar surface area (TPSA) is 58.9 Å². The van der Waals surface area contributed by atoms with Crippen molar-refractivity contribution in [2.24, 2.45) is 5.41 Å². The first-order valence-electron chi connectivity index (χ1n) is 6.65. The predicted molar refractivity (Wildman–Crippen MR) is 71.8 cm³/mol. The van der Waals surface area contributed by atoms with E-state index in [9.17, 15) is 10.2 Å². The van der Waals surface area contributed by atoms with Crippen molar-refractivity contribution in [1.82, 2.24) is 0 Å². The van der Waals surface area contributed by atoms with Gasteiger partial charge in [0.1, 0.15) is 0 Å². The van der Waals surface area contributed by atoms with E-state index in [1.807, 2.05) is 12.1 Å². The van der Waals surface area contributed by atoms with Crippen LogP contribution >= 0.6 is 0 Å². The van der Waals surface area contributed by atoms with Gasteiger partial charge in [0.25, 0.3) is 0 Å². The van der Waals surface area contributed by atoms with Crippen LogP contribution in [-0.2, 0) is 9.47 Å². The first-order valence-corrected chi connectivity index (χ1v) is 6.65. The van der Waals surface area contributed by atoms with Gasteiger partial charge >= 0.3 is 0 Å². The summed E-state index contributed by atoms with van der Waals surface area (Å²) in [4.78, 5) is 0. The third kappa shape index (κ3) is 3.15. The molecule has 0 aliphatic carbocycles. The third-order valence-electron chi connectivity index (χ3n) is 3.63. The molecule has 4 heteroatoms. The maximum absolute atomic E-state index is 9.28. The molecule has 0 atom stereocenters. The van der Waals surface area contributed by atoms with Crippen LogP contribution in [0.15, 0.2) is 24.3 Å². The van der Waals surface area contributed by atoms with Crippen molar-refractivity contribution < 1.29 is 19.7 Å². The number of aliphatic hydroxyl groups excluding tert-OH is 2. The quantitative estimate of drug-likeness (QED) is 0.873. The van der Waals surface area contributed by atoms with Gasteiger partial charge in [0.2, 0.25) is 0 Å². The van der Waals surface area contributed by atoms with E-state index in [0.29, 0.717) is 19.1 Å². The zero-order chi connectivity index (χ0) is 13.9. The lowest BCUT2D eigenvalue weighted by Gasteiger charge is -2.37. The van der Waals surface area contributed by atoms with Crippen LogP contribution in [0.5, 0.6) is 0 Å². The van der Waals surface area contributed by atoms with Gasteiger partial charge in [0.15, 0.2) is 6.29 Å². The van der Waals surface area contributed by atoms with Crippen LogP contribution in [0.3, 0.4) is 0 Å². The maximum Gasteiger partial charge on any atom is 0.183 e. The van der Waals surface area contributed by atoms with Gasteiger partial charge in [-0.3, -0.25) is 0 Å². The Morgan fingerprint density at radius 1 is 1.11 bits per heavy atom. The number of hydrogen-bond donors (Lipinski definition) is 2. The molecule has 0 radical (unpaired) electrons. The fourth-order valence-corrected chi connectivity index (χ4v) is 2.06. The molecule has 0 spiro atoms. The van der Waals surface area contributed by atoms with Gasteiger partial charge in [-0.2, -0.15) is 0 Å². The van der Waals surface area contributed by atoms with Gasteiger partial charge in [-0.25, -0.2) is 0 Å². The first kappa shape index (κ1) is 14.5. The Morgan fingerprint density at radius 2 is 1.63 bits per heavy atom. The van der Waals surface area contributed by atoms with Gasteiger partial charge in [-0.15, -0.1) is 0 Å². The minimum atomic E-state index is -0.672. The summed E-state index contributed by atoms with van der Waals surface area (Å²) in [5.41, 5.74) is 1.57. The number of hydrogen-bond acceptors (Lipinski definition) is 4. The molecule has 1 aliphatic heterocycles. The molecule has 4 nitrogen and oxygen atoms in total. The Balaban J connectivity index is 2.01. The van der Waals surface area contributed by atoms with Crippen LogP contribution in [0.2, 0.25) is 0 Å².